The van der Waals surface area contributed by atoms with Crippen LogP contribution >= 0.6 is 11.8 Å². The number of benzene rings is 1. The molecule has 3 rings (SSSR count). The zero-order valence-corrected chi connectivity index (χ0v) is 11.8. The number of aliphatic hydroxyl groups excluding tert-OH is 1. The van der Waals surface area contributed by atoms with Gasteiger partial charge >= 0.3 is 0 Å². The van der Waals surface area contributed by atoms with Crippen molar-refractivity contribution in [1.82, 2.24) is 0 Å². The molecule has 1 saturated carbocycles. The fraction of sp³-hybridized carbons (Fsp3) is 0.625. The Bertz CT molecular complexity index is 409. The van der Waals surface area contributed by atoms with E-state index in [-0.39, 0.29) is 6.10 Å². The molecular weight excluding hydrogens is 240 g/mol. The van der Waals surface area contributed by atoms with Gasteiger partial charge in [0.05, 0.1) is 6.10 Å². The summed E-state index contributed by atoms with van der Waals surface area (Å²) in [7, 11) is 0. The molecule has 0 radical (unpaired) electrons. The maximum absolute atomic E-state index is 10.7. The molecule has 1 fully saturated rings. The van der Waals surface area contributed by atoms with E-state index in [0.717, 1.165) is 11.7 Å². The number of fused-ring (bicyclic) bond motifs is 1. The molecule has 1 aliphatic carbocycles. The zero-order valence-electron chi connectivity index (χ0n) is 11.0. The maximum atomic E-state index is 10.7. The summed E-state index contributed by atoms with van der Waals surface area (Å²) in [4.78, 5) is 1.38. The first-order chi connectivity index (χ1) is 8.75. The Morgan fingerprint density at radius 1 is 1.17 bits per heavy atom. The molecule has 2 aliphatic rings. The van der Waals surface area contributed by atoms with Gasteiger partial charge < -0.3 is 5.11 Å². The van der Waals surface area contributed by atoms with Gasteiger partial charge in [0.25, 0.3) is 0 Å². The normalized spacial score (nSPS) is 33.1. The highest BCUT2D eigenvalue weighted by Gasteiger charge is 2.35. The number of aliphatic hydroxyl groups is 1. The largest absolute Gasteiger partial charge is 0.392 e. The second kappa shape index (κ2) is 5.26. The van der Waals surface area contributed by atoms with Crippen molar-refractivity contribution in [3.05, 3.63) is 29.8 Å². The zero-order chi connectivity index (χ0) is 12.5. The van der Waals surface area contributed by atoms with Gasteiger partial charge in [-0.15, -0.1) is 11.8 Å². The van der Waals surface area contributed by atoms with Gasteiger partial charge in [0, 0.05) is 16.6 Å². The molecule has 1 heterocycles. The molecular formula is C16H22OS. The van der Waals surface area contributed by atoms with E-state index in [1.54, 1.807) is 0 Å². The average molecular weight is 262 g/mol. The molecule has 98 valence electrons. The van der Waals surface area contributed by atoms with Gasteiger partial charge in [-0.3, -0.25) is 0 Å². The van der Waals surface area contributed by atoms with Gasteiger partial charge in [0.1, 0.15) is 0 Å². The predicted molar refractivity (Wildman–Crippen MR) is 77.0 cm³/mol. The molecule has 0 amide bonds. The van der Waals surface area contributed by atoms with E-state index in [1.165, 1.54) is 36.1 Å². The van der Waals surface area contributed by atoms with Crippen molar-refractivity contribution in [2.24, 2.45) is 11.8 Å². The van der Waals surface area contributed by atoms with Crippen molar-refractivity contribution in [3.63, 3.8) is 0 Å². The minimum absolute atomic E-state index is 0.131. The summed E-state index contributed by atoms with van der Waals surface area (Å²) in [5, 5.41) is 10.7. The lowest BCUT2D eigenvalue weighted by molar-refractivity contribution is 0.0589. The summed E-state index contributed by atoms with van der Waals surface area (Å²) < 4.78 is 0. The van der Waals surface area contributed by atoms with Crippen LogP contribution in [0.4, 0.5) is 0 Å². The summed E-state index contributed by atoms with van der Waals surface area (Å²) in [6, 6.07) is 8.60. The molecule has 0 bridgehead atoms. The molecule has 1 nitrogen and oxygen atoms in total. The van der Waals surface area contributed by atoms with Crippen LogP contribution in [-0.4, -0.2) is 17.0 Å². The molecule has 1 aromatic rings. The van der Waals surface area contributed by atoms with Crippen molar-refractivity contribution < 1.29 is 5.11 Å². The fourth-order valence-corrected chi connectivity index (χ4v) is 4.72. The summed E-state index contributed by atoms with van der Waals surface area (Å²) in [5.74, 6) is 2.81. The predicted octanol–water partition coefficient (Wildman–Crippen LogP) is 4.06. The molecule has 0 spiro atoms. The monoisotopic (exact) mass is 262 g/mol. The first-order valence-electron chi connectivity index (χ1n) is 7.15. The molecule has 2 heteroatoms. The lowest BCUT2D eigenvalue weighted by Crippen LogP contribution is -2.30. The number of hydrogen-bond acceptors (Lipinski definition) is 2. The summed E-state index contributed by atoms with van der Waals surface area (Å²) in [5.41, 5.74) is 1.38. The van der Waals surface area contributed by atoms with Crippen LogP contribution in [-0.2, 0) is 0 Å². The van der Waals surface area contributed by atoms with E-state index >= 15 is 0 Å². The molecule has 2 atom stereocenters. The van der Waals surface area contributed by atoms with Crippen LogP contribution < -0.4 is 0 Å². The number of thioether (sulfide) groups is 1. The van der Waals surface area contributed by atoms with Crippen molar-refractivity contribution in [3.8, 4) is 0 Å². The first-order valence-corrected chi connectivity index (χ1v) is 8.14. The standard InChI is InChI=1S/C16H22OS/c1-11-6-8-12(9-7-11)16(17)14-10-18-15-5-3-2-4-13(14)15/h2-5,11-12,14,16-17H,6-10H2,1H3. The number of rotatable bonds is 2. The SMILES string of the molecule is CC1CCC(C(O)C2CSc3ccccc32)CC1. The van der Waals surface area contributed by atoms with Crippen LogP contribution in [0.25, 0.3) is 0 Å². The van der Waals surface area contributed by atoms with Crippen LogP contribution in [0.3, 0.4) is 0 Å². The first kappa shape index (κ1) is 12.6. The topological polar surface area (TPSA) is 20.2 Å². The number of hydrogen-bond donors (Lipinski definition) is 1. The second-order valence-electron chi connectivity index (χ2n) is 5.97. The second-order valence-corrected chi connectivity index (χ2v) is 7.03. The Kier molecular flexibility index (Phi) is 3.67. The van der Waals surface area contributed by atoms with Crippen LogP contribution in [0.5, 0.6) is 0 Å². The van der Waals surface area contributed by atoms with E-state index in [1.807, 2.05) is 11.8 Å². The summed E-state index contributed by atoms with van der Waals surface area (Å²) in [6.07, 6.45) is 4.89. The Hall–Kier alpha value is -0.470. The molecule has 18 heavy (non-hydrogen) atoms. The van der Waals surface area contributed by atoms with E-state index in [2.05, 4.69) is 31.2 Å². The smallest absolute Gasteiger partial charge is 0.0645 e. The van der Waals surface area contributed by atoms with Crippen LogP contribution in [0, 0.1) is 11.8 Å². The molecule has 1 aromatic carbocycles. The Morgan fingerprint density at radius 3 is 2.67 bits per heavy atom. The van der Waals surface area contributed by atoms with Crippen LogP contribution in [0.2, 0.25) is 0 Å². The van der Waals surface area contributed by atoms with E-state index in [4.69, 9.17) is 0 Å². The van der Waals surface area contributed by atoms with Gasteiger partial charge in [0.15, 0.2) is 0 Å². The Balaban J connectivity index is 1.72. The third-order valence-corrected chi connectivity index (χ3v) is 5.90. The van der Waals surface area contributed by atoms with Crippen molar-refractivity contribution in [1.29, 1.82) is 0 Å². The van der Waals surface area contributed by atoms with Crippen LogP contribution in [0.15, 0.2) is 29.2 Å². The summed E-state index contributed by atoms with van der Waals surface area (Å²) >= 11 is 1.91. The lowest BCUT2D eigenvalue weighted by atomic mass is 9.76. The molecule has 1 N–H and O–H groups in total. The van der Waals surface area contributed by atoms with E-state index in [9.17, 15) is 5.11 Å². The van der Waals surface area contributed by atoms with E-state index < -0.39 is 0 Å². The third-order valence-electron chi connectivity index (χ3n) is 4.69. The van der Waals surface area contributed by atoms with Gasteiger partial charge in [-0.2, -0.15) is 0 Å². The van der Waals surface area contributed by atoms with Crippen molar-refractivity contribution >= 4 is 11.8 Å². The third kappa shape index (κ3) is 2.33. The van der Waals surface area contributed by atoms with Gasteiger partial charge in [-0.25, -0.2) is 0 Å². The highest BCUT2D eigenvalue weighted by Crippen LogP contribution is 2.44. The molecule has 0 saturated heterocycles. The molecule has 2 unspecified atom stereocenters. The summed E-state index contributed by atoms with van der Waals surface area (Å²) in [6.45, 7) is 2.34. The van der Waals surface area contributed by atoms with Gasteiger partial charge in [-0.05, 0) is 36.3 Å². The van der Waals surface area contributed by atoms with Gasteiger partial charge in [0.2, 0.25) is 0 Å². The quantitative estimate of drug-likeness (QED) is 0.867. The highest BCUT2D eigenvalue weighted by atomic mass is 32.2. The minimum Gasteiger partial charge on any atom is -0.392 e. The Labute approximate surface area is 114 Å². The average Bonchev–Trinajstić information content (AvgIpc) is 2.82. The Morgan fingerprint density at radius 2 is 1.89 bits per heavy atom. The fourth-order valence-electron chi connectivity index (χ4n) is 3.43. The van der Waals surface area contributed by atoms with Gasteiger partial charge in [-0.1, -0.05) is 38.0 Å². The maximum Gasteiger partial charge on any atom is 0.0645 e. The lowest BCUT2D eigenvalue weighted by Gasteiger charge is -2.33. The van der Waals surface area contributed by atoms with Crippen LogP contribution in [0.1, 0.15) is 44.1 Å². The van der Waals surface area contributed by atoms with Crippen molar-refractivity contribution in [2.45, 2.75) is 49.5 Å². The molecule has 1 aliphatic heterocycles. The minimum atomic E-state index is -0.131. The highest BCUT2D eigenvalue weighted by molar-refractivity contribution is 7.99. The molecule has 0 aromatic heterocycles. The van der Waals surface area contributed by atoms with E-state index in [0.29, 0.717) is 11.8 Å². The van der Waals surface area contributed by atoms with Crippen molar-refractivity contribution in [2.75, 3.05) is 5.75 Å².